The third kappa shape index (κ3) is 14.5. The third-order valence-corrected chi connectivity index (χ3v) is 15.7. The number of carbonyl (C=O) groups is 6. The number of likely N-dealkylation sites (tertiary alicyclic amines) is 1. The van der Waals surface area contributed by atoms with E-state index in [0.29, 0.717) is 80.2 Å². The second-order valence-corrected chi connectivity index (χ2v) is 20.9. The van der Waals surface area contributed by atoms with Crippen molar-refractivity contribution < 1.29 is 44.1 Å². The molecule has 2 aliphatic heterocycles. The average Bonchev–Trinajstić information content (AvgIpc) is 4.10. The van der Waals surface area contributed by atoms with E-state index in [9.17, 15) is 44.1 Å². The first-order valence-electron chi connectivity index (χ1n) is 22.1. The zero-order chi connectivity index (χ0) is 47.2. The Balaban J connectivity index is 0.950. The number of carboxylic acids is 1. The molecule has 4 heterocycles. The summed E-state index contributed by atoms with van der Waals surface area (Å²) in [5.41, 5.74) is 1.81. The summed E-state index contributed by atoms with van der Waals surface area (Å²) < 4.78 is 1.71. The van der Waals surface area contributed by atoms with E-state index in [1.54, 1.807) is 58.1 Å². The van der Waals surface area contributed by atoms with Gasteiger partial charge in [0.2, 0.25) is 28.8 Å². The van der Waals surface area contributed by atoms with Crippen molar-refractivity contribution in [2.75, 3.05) is 30.0 Å². The molecule has 66 heavy (non-hydrogen) atoms. The first-order chi connectivity index (χ1) is 31.6. The zero-order valence-electron chi connectivity index (χ0n) is 37.0. The lowest BCUT2D eigenvalue weighted by atomic mass is 9.73. The predicted octanol–water partition coefficient (Wildman–Crippen LogP) is 4.83. The number of unbranched alkanes of at least 4 members (excludes halogenated alkanes) is 1. The topological polar surface area (TPSA) is 259 Å². The van der Waals surface area contributed by atoms with Crippen LogP contribution in [0.2, 0.25) is 0 Å². The fourth-order valence-electron chi connectivity index (χ4n) is 8.09. The van der Waals surface area contributed by atoms with E-state index in [1.165, 1.54) is 11.3 Å². The normalized spacial score (nSPS) is 16.6. The van der Waals surface area contributed by atoms with Crippen molar-refractivity contribution in [2.24, 2.45) is 5.92 Å². The number of phenolic OH excluding ortho intramolecular Hbond substituents is 2. The molecule has 4 aromatic rings. The Kier molecular flexibility index (Phi) is 18.0. The molecule has 0 spiro atoms. The molecule has 2 fully saturated rings. The Labute approximate surface area is 395 Å². The van der Waals surface area contributed by atoms with E-state index in [-0.39, 0.29) is 48.6 Å². The lowest BCUT2D eigenvalue weighted by Gasteiger charge is -2.31. The summed E-state index contributed by atoms with van der Waals surface area (Å²) in [5.74, 6) is -4.16. The van der Waals surface area contributed by atoms with Gasteiger partial charge in [-0.25, -0.2) is 0 Å². The van der Waals surface area contributed by atoms with Gasteiger partial charge in [-0.3, -0.25) is 33.4 Å². The molecule has 21 heteroatoms. The molecule has 2 saturated heterocycles. The summed E-state index contributed by atoms with van der Waals surface area (Å²) in [5, 5.41) is 57.1. The maximum atomic E-state index is 13.9. The van der Waals surface area contributed by atoms with Crippen LogP contribution in [0.3, 0.4) is 0 Å². The Morgan fingerprint density at radius 1 is 0.818 bits per heavy atom. The van der Waals surface area contributed by atoms with E-state index < -0.39 is 47.9 Å². The number of aromatic nitrogens is 5. The molecule has 6 rings (SSSR count). The summed E-state index contributed by atoms with van der Waals surface area (Å²) in [6.07, 6.45) is 4.19. The molecule has 0 radical (unpaired) electrons. The number of Topliss-reactive ketones (excluding diaryl/α,β-unsaturated/α-hetero) is 1. The number of aryl methyl sites for hydroxylation is 3. The summed E-state index contributed by atoms with van der Waals surface area (Å²) in [7, 11) is 0. The molecule has 2 aromatic heterocycles. The highest BCUT2D eigenvalue weighted by Gasteiger charge is 2.41. The van der Waals surface area contributed by atoms with E-state index in [2.05, 4.69) is 36.5 Å². The van der Waals surface area contributed by atoms with Gasteiger partial charge < -0.3 is 36.2 Å². The Morgan fingerprint density at radius 3 is 2.11 bits per heavy atom. The molecule has 0 aliphatic carbocycles. The first-order valence-corrected chi connectivity index (χ1v) is 25.0. The van der Waals surface area contributed by atoms with Crippen molar-refractivity contribution in [2.45, 2.75) is 113 Å². The van der Waals surface area contributed by atoms with Crippen LogP contribution in [0.15, 0.2) is 54.7 Å². The fraction of sp³-hybridized carbons (Fsp3) is 0.511. The fourth-order valence-corrected chi connectivity index (χ4v) is 12.1. The number of nitrogens with zero attached hydrogens (tertiary/aromatic N) is 6. The van der Waals surface area contributed by atoms with Gasteiger partial charge in [-0.2, -0.15) is 0 Å². The number of amides is 4. The van der Waals surface area contributed by atoms with Gasteiger partial charge in [0.1, 0.15) is 28.3 Å². The van der Waals surface area contributed by atoms with Crippen LogP contribution in [0, 0.1) is 12.8 Å². The van der Waals surface area contributed by atoms with Crippen LogP contribution in [0.5, 0.6) is 11.5 Å². The SMILES string of the molecule is Cc1nnc(NC(=O)CCCc2cn(CCCC[C@H](NC(=O)CC(CC(=O)CCNC(=O)CCC(C)(c3ccc(O)cc3)c3ccc(O)cc3)C(=O)O)C(=O)N3CC4SCS[C@@H]4C3)nn2)s1. The number of thioether (sulfide) groups is 2. The molecular formula is C45H57N9O9S3. The van der Waals surface area contributed by atoms with Crippen molar-refractivity contribution in [3.8, 4) is 11.5 Å². The minimum atomic E-state index is -1.32. The summed E-state index contributed by atoms with van der Waals surface area (Å²) >= 11 is 4.95. The maximum Gasteiger partial charge on any atom is 0.307 e. The quantitative estimate of drug-likeness (QED) is 0.0487. The maximum absolute atomic E-state index is 13.9. The number of fused-ring (bicyclic) bond motifs is 1. The van der Waals surface area contributed by atoms with E-state index in [1.807, 2.05) is 43.6 Å². The number of anilines is 1. The molecule has 2 aromatic carbocycles. The standard InChI is InChI=1S/C45H57N9O9S3/c1-28-49-51-44(66-28)48-40(59)8-5-6-32-24-54(52-50-32)21-4-3-7-36(42(61)53-25-37-38(26-53)65-27-64-37)47-41(60)23-29(43(62)63)22-35(57)18-20-46-39(58)17-19-45(2,30-9-13-33(55)14-10-30)31-11-15-34(56)16-12-31/h9-16,24,29,36-38,55-56H,3-8,17-23,25-27H2,1-2H3,(H,46,58)(H,47,60)(H,62,63)(H,48,51,59)/t29?,36-,37+,38?/m0/s1. The van der Waals surface area contributed by atoms with Crippen LogP contribution in [-0.4, -0.2) is 122 Å². The van der Waals surface area contributed by atoms with Gasteiger partial charge in [0, 0.05) is 85.5 Å². The van der Waals surface area contributed by atoms with Gasteiger partial charge in [-0.15, -0.1) is 38.8 Å². The molecule has 0 saturated carbocycles. The largest absolute Gasteiger partial charge is 0.508 e. The number of hydrogen-bond acceptors (Lipinski definition) is 15. The Hall–Kier alpha value is -5.54. The number of benzene rings is 2. The molecular weight excluding hydrogens is 907 g/mol. The molecule has 6 N–H and O–H groups in total. The van der Waals surface area contributed by atoms with Gasteiger partial charge in [-0.05, 0) is 80.8 Å². The lowest BCUT2D eigenvalue weighted by Crippen LogP contribution is -2.48. The minimum Gasteiger partial charge on any atom is -0.508 e. The van der Waals surface area contributed by atoms with E-state index in [0.717, 1.165) is 26.9 Å². The molecule has 354 valence electrons. The highest BCUT2D eigenvalue weighted by Crippen LogP contribution is 2.41. The van der Waals surface area contributed by atoms with Crippen molar-refractivity contribution >= 4 is 75.4 Å². The molecule has 18 nitrogen and oxygen atoms in total. The number of hydrogen-bond donors (Lipinski definition) is 6. The third-order valence-electron chi connectivity index (χ3n) is 11.9. The van der Waals surface area contributed by atoms with Crippen LogP contribution >= 0.6 is 34.9 Å². The van der Waals surface area contributed by atoms with Gasteiger partial charge in [0.15, 0.2) is 0 Å². The Morgan fingerprint density at radius 2 is 1.48 bits per heavy atom. The number of carbonyl (C=O) groups excluding carboxylic acids is 5. The van der Waals surface area contributed by atoms with Gasteiger partial charge in [-0.1, -0.05) is 47.7 Å². The number of rotatable bonds is 25. The monoisotopic (exact) mass is 963 g/mol. The highest BCUT2D eigenvalue weighted by molar-refractivity contribution is 8.19. The van der Waals surface area contributed by atoms with Crippen LogP contribution < -0.4 is 16.0 Å². The number of carboxylic acid groups (broad SMARTS) is 1. The molecule has 0 bridgehead atoms. The number of aliphatic carboxylic acids is 1. The molecule has 2 aliphatic rings. The van der Waals surface area contributed by atoms with Crippen molar-refractivity contribution in [1.82, 2.24) is 40.7 Å². The van der Waals surface area contributed by atoms with Gasteiger partial charge >= 0.3 is 5.97 Å². The first kappa shape index (κ1) is 49.9. The predicted molar refractivity (Wildman–Crippen MR) is 251 cm³/mol. The van der Waals surface area contributed by atoms with Crippen molar-refractivity contribution in [3.05, 3.63) is 76.6 Å². The van der Waals surface area contributed by atoms with Crippen LogP contribution in [0.25, 0.3) is 0 Å². The average molecular weight is 964 g/mol. The summed E-state index contributed by atoms with van der Waals surface area (Å²) in [6, 6.07) is 12.5. The molecule has 2 unspecified atom stereocenters. The molecule has 4 atom stereocenters. The lowest BCUT2D eigenvalue weighted by molar-refractivity contribution is -0.146. The molecule has 4 amide bonds. The number of ketones is 1. The second kappa shape index (κ2) is 23.8. The summed E-state index contributed by atoms with van der Waals surface area (Å²) in [6.45, 7) is 5.44. The van der Waals surface area contributed by atoms with Crippen molar-refractivity contribution in [1.29, 1.82) is 0 Å². The van der Waals surface area contributed by atoms with Crippen LogP contribution in [0.1, 0.15) is 93.0 Å². The number of aromatic hydroxyl groups is 2. The number of phenols is 2. The van der Waals surface area contributed by atoms with Crippen molar-refractivity contribution in [3.63, 3.8) is 0 Å². The van der Waals surface area contributed by atoms with E-state index >= 15 is 0 Å². The summed E-state index contributed by atoms with van der Waals surface area (Å²) in [4.78, 5) is 79.7. The van der Waals surface area contributed by atoms with Gasteiger partial charge in [0.25, 0.3) is 0 Å². The number of nitrogens with one attached hydrogen (secondary N) is 3. The second-order valence-electron chi connectivity index (χ2n) is 16.9. The van der Waals surface area contributed by atoms with E-state index in [4.69, 9.17) is 0 Å². The Bertz CT molecular complexity index is 2250. The smallest absolute Gasteiger partial charge is 0.307 e. The van der Waals surface area contributed by atoms with Crippen LogP contribution in [0.4, 0.5) is 5.13 Å². The zero-order valence-corrected chi connectivity index (χ0v) is 39.5. The van der Waals surface area contributed by atoms with Gasteiger partial charge in [0.05, 0.1) is 11.6 Å². The highest BCUT2D eigenvalue weighted by atomic mass is 32.2. The van der Waals surface area contributed by atoms with Crippen LogP contribution in [-0.2, 0) is 47.1 Å². The minimum absolute atomic E-state index is 0.0165.